The summed E-state index contributed by atoms with van der Waals surface area (Å²) < 4.78 is 17.9. The van der Waals surface area contributed by atoms with Gasteiger partial charge in [0.15, 0.2) is 17.6 Å². The van der Waals surface area contributed by atoms with E-state index < -0.39 is 0 Å². The van der Waals surface area contributed by atoms with Crippen LogP contribution in [-0.4, -0.2) is 38.8 Å². The molecule has 1 unspecified atom stereocenters. The molecule has 4 rings (SSSR count). The highest BCUT2D eigenvalue weighted by Gasteiger charge is 2.29. The van der Waals surface area contributed by atoms with Gasteiger partial charge in [0, 0.05) is 15.4 Å². The summed E-state index contributed by atoms with van der Waals surface area (Å²) in [7, 11) is 0. The molecule has 2 N–H and O–H groups in total. The number of carbonyl (C=O) groups excluding carboxylic acids is 1. The molecule has 3 aromatic rings. The Hall–Kier alpha value is -1.80. The largest absolute Gasteiger partial charge is 1.00 e. The lowest BCUT2D eigenvalue weighted by Crippen LogP contribution is -3.15. The van der Waals surface area contributed by atoms with Crippen LogP contribution in [0.3, 0.4) is 0 Å². The van der Waals surface area contributed by atoms with Gasteiger partial charge in [-0.15, -0.1) is 0 Å². The first-order valence-electron chi connectivity index (χ1n) is 9.06. The van der Waals surface area contributed by atoms with E-state index >= 15 is 0 Å². The summed E-state index contributed by atoms with van der Waals surface area (Å²) in [6.45, 7) is 5.60. The molecule has 1 saturated heterocycles. The van der Waals surface area contributed by atoms with E-state index in [1.165, 1.54) is 4.90 Å². The first kappa shape index (κ1) is 20.9. The van der Waals surface area contributed by atoms with Crippen molar-refractivity contribution in [1.82, 2.24) is 5.32 Å². The zero-order chi connectivity index (χ0) is 18.8. The molecule has 1 atom stereocenters. The average Bonchev–Trinajstić information content (AvgIpc) is 3.32. The Morgan fingerprint density at radius 2 is 2.07 bits per heavy atom. The van der Waals surface area contributed by atoms with Gasteiger partial charge in [0.1, 0.15) is 18.7 Å². The van der Waals surface area contributed by atoms with Gasteiger partial charge >= 0.3 is 0 Å². The van der Waals surface area contributed by atoms with Crippen molar-refractivity contribution >= 4 is 32.8 Å². The second-order valence-electron chi connectivity index (χ2n) is 6.75. The molecule has 0 radical (unpaired) electrons. The highest BCUT2D eigenvalue weighted by atomic mass is 79.9. The third-order valence-corrected chi connectivity index (χ3v) is 5.58. The zero-order valence-corrected chi connectivity index (χ0v) is 17.8. The summed E-state index contributed by atoms with van der Waals surface area (Å²) in [6, 6.07) is 9.63. The average molecular weight is 470 g/mol. The molecule has 1 aliphatic heterocycles. The lowest BCUT2D eigenvalue weighted by molar-refractivity contribution is -0.938. The van der Waals surface area contributed by atoms with E-state index in [0.29, 0.717) is 17.9 Å². The third kappa shape index (κ3) is 4.27. The number of morpholine rings is 1. The van der Waals surface area contributed by atoms with Gasteiger partial charge in [-0.2, -0.15) is 0 Å². The molecule has 0 spiro atoms. The standard InChI is InChI=1S/C20H21BrN2O4.ClH/c1-13-15-11-14(21)4-5-17(15)27-19(13)20(24)22-12-16(18-3-2-8-26-18)23-6-9-25-10-7-23;/h2-5,8,11,16H,6-7,9-10,12H2,1H3,(H,22,24);1H. The van der Waals surface area contributed by atoms with Gasteiger partial charge in [-0.05, 0) is 37.3 Å². The van der Waals surface area contributed by atoms with Crippen molar-refractivity contribution in [3.05, 3.63) is 58.2 Å². The van der Waals surface area contributed by atoms with E-state index in [0.717, 1.165) is 47.5 Å². The second kappa shape index (κ2) is 9.13. The fourth-order valence-electron chi connectivity index (χ4n) is 3.60. The first-order valence-corrected chi connectivity index (χ1v) is 9.85. The maximum absolute atomic E-state index is 12.8. The van der Waals surface area contributed by atoms with Crippen LogP contribution in [0.15, 0.2) is 49.9 Å². The Morgan fingerprint density at radius 3 is 2.79 bits per heavy atom. The Labute approximate surface area is 177 Å². The van der Waals surface area contributed by atoms with Gasteiger partial charge in [-0.25, -0.2) is 0 Å². The predicted molar refractivity (Wildman–Crippen MR) is 104 cm³/mol. The van der Waals surface area contributed by atoms with Gasteiger partial charge in [0.2, 0.25) is 0 Å². The lowest BCUT2D eigenvalue weighted by atomic mass is 10.1. The summed E-state index contributed by atoms with van der Waals surface area (Å²) in [5, 5.41) is 3.98. The summed E-state index contributed by atoms with van der Waals surface area (Å²) in [5.41, 5.74) is 1.55. The number of benzene rings is 1. The number of hydrogen-bond acceptors (Lipinski definition) is 4. The second-order valence-corrected chi connectivity index (χ2v) is 7.66. The number of aryl methyl sites for hydroxylation is 1. The number of carbonyl (C=O) groups is 1. The van der Waals surface area contributed by atoms with Crippen LogP contribution < -0.4 is 22.6 Å². The fourth-order valence-corrected chi connectivity index (χ4v) is 3.96. The molecule has 6 nitrogen and oxygen atoms in total. The Bertz CT molecular complexity index is 935. The summed E-state index contributed by atoms with van der Waals surface area (Å²) in [4.78, 5) is 14.1. The number of rotatable bonds is 5. The molecule has 3 heterocycles. The SMILES string of the molecule is Cc1c(C(=O)NCC(c2ccco2)[NH+]2CCOCC2)oc2ccc(Br)cc12.[Cl-]. The number of ether oxygens (including phenoxy) is 1. The number of hydrogen-bond donors (Lipinski definition) is 2. The van der Waals surface area contributed by atoms with Gasteiger partial charge in [0.05, 0.1) is 26.0 Å². The molecular formula is C20H22BrClN2O4. The third-order valence-electron chi connectivity index (χ3n) is 5.09. The van der Waals surface area contributed by atoms with Gasteiger partial charge < -0.3 is 36.2 Å². The molecule has 0 saturated carbocycles. The smallest absolute Gasteiger partial charge is 0.287 e. The maximum atomic E-state index is 12.8. The molecular weight excluding hydrogens is 448 g/mol. The number of furan rings is 2. The molecule has 0 aliphatic carbocycles. The van der Waals surface area contributed by atoms with Crippen LogP contribution in [0, 0.1) is 6.92 Å². The van der Waals surface area contributed by atoms with Crippen LogP contribution in [0.2, 0.25) is 0 Å². The summed E-state index contributed by atoms with van der Waals surface area (Å²) >= 11 is 3.46. The zero-order valence-electron chi connectivity index (χ0n) is 15.5. The molecule has 1 fully saturated rings. The van der Waals surface area contributed by atoms with Crippen molar-refractivity contribution in [3.63, 3.8) is 0 Å². The summed E-state index contributed by atoms with van der Waals surface area (Å²) in [5.74, 6) is 1.03. The maximum Gasteiger partial charge on any atom is 0.287 e. The molecule has 8 heteroatoms. The van der Waals surface area contributed by atoms with Gasteiger partial charge in [-0.3, -0.25) is 4.79 Å². The van der Waals surface area contributed by atoms with Crippen molar-refractivity contribution in [2.45, 2.75) is 13.0 Å². The Morgan fingerprint density at radius 1 is 1.29 bits per heavy atom. The molecule has 1 amide bonds. The normalized spacial score (nSPS) is 15.9. The number of nitrogens with one attached hydrogen (secondary N) is 2. The topological polar surface area (TPSA) is 69.0 Å². The molecule has 28 heavy (non-hydrogen) atoms. The first-order chi connectivity index (χ1) is 13.1. The quantitative estimate of drug-likeness (QED) is 0.528. The van der Waals surface area contributed by atoms with E-state index in [1.54, 1.807) is 6.26 Å². The van der Waals surface area contributed by atoms with Crippen molar-refractivity contribution in [2.24, 2.45) is 0 Å². The molecule has 0 bridgehead atoms. The highest BCUT2D eigenvalue weighted by Crippen LogP contribution is 2.28. The van der Waals surface area contributed by atoms with E-state index in [2.05, 4.69) is 21.2 Å². The molecule has 2 aromatic heterocycles. The van der Waals surface area contributed by atoms with Crippen LogP contribution in [0.25, 0.3) is 11.0 Å². The Kier molecular flexibility index (Phi) is 6.82. The van der Waals surface area contributed by atoms with Crippen LogP contribution >= 0.6 is 15.9 Å². The van der Waals surface area contributed by atoms with Gasteiger partial charge in [-0.1, -0.05) is 15.9 Å². The minimum atomic E-state index is -0.205. The number of halogens is 2. The van der Waals surface area contributed by atoms with E-state index in [4.69, 9.17) is 13.6 Å². The molecule has 1 aliphatic rings. The van der Waals surface area contributed by atoms with Crippen LogP contribution in [0.5, 0.6) is 0 Å². The van der Waals surface area contributed by atoms with Crippen LogP contribution in [0.4, 0.5) is 0 Å². The van der Waals surface area contributed by atoms with Crippen molar-refractivity contribution in [3.8, 4) is 0 Å². The van der Waals surface area contributed by atoms with Crippen molar-refractivity contribution in [1.29, 1.82) is 0 Å². The highest BCUT2D eigenvalue weighted by molar-refractivity contribution is 9.10. The predicted octanol–water partition coefficient (Wildman–Crippen LogP) is -0.513. The van der Waals surface area contributed by atoms with Crippen LogP contribution in [-0.2, 0) is 4.74 Å². The summed E-state index contributed by atoms with van der Waals surface area (Å²) in [6.07, 6.45) is 1.67. The fraction of sp³-hybridized carbons (Fsp3) is 0.350. The number of fused-ring (bicyclic) bond motifs is 1. The van der Waals surface area contributed by atoms with Crippen LogP contribution in [0.1, 0.15) is 27.9 Å². The van der Waals surface area contributed by atoms with E-state index in [9.17, 15) is 4.79 Å². The number of amides is 1. The lowest BCUT2D eigenvalue weighted by Gasteiger charge is -2.30. The monoisotopic (exact) mass is 468 g/mol. The van der Waals surface area contributed by atoms with E-state index in [1.807, 2.05) is 37.3 Å². The van der Waals surface area contributed by atoms with Crippen molar-refractivity contribution in [2.75, 3.05) is 32.8 Å². The Balaban J connectivity index is 0.00000225. The number of quaternary nitrogens is 1. The molecule has 150 valence electrons. The minimum absolute atomic E-state index is 0. The van der Waals surface area contributed by atoms with Crippen molar-refractivity contribution < 1.29 is 35.7 Å². The minimum Gasteiger partial charge on any atom is -1.00 e. The molecule has 1 aromatic carbocycles. The van der Waals surface area contributed by atoms with E-state index in [-0.39, 0.29) is 24.4 Å². The van der Waals surface area contributed by atoms with Gasteiger partial charge in [0.25, 0.3) is 5.91 Å².